The molecule has 1 unspecified atom stereocenters. The van der Waals surface area contributed by atoms with Crippen molar-refractivity contribution in [2.45, 2.75) is 12.5 Å². The maximum atomic E-state index is 14.0. The highest BCUT2D eigenvalue weighted by Crippen LogP contribution is 2.31. The smallest absolute Gasteiger partial charge is 0.131 e. The number of hydrogen-bond acceptors (Lipinski definition) is 2. The maximum Gasteiger partial charge on any atom is 0.131 e. The fraction of sp³-hybridized carbons (Fsp3) is 0.200. The quantitative estimate of drug-likeness (QED) is 0.810. The Balaban J connectivity index is 2.38. The Bertz CT molecular complexity index is 668. The zero-order valence-corrected chi connectivity index (χ0v) is 13.5. The predicted molar refractivity (Wildman–Crippen MR) is 83.6 cm³/mol. The van der Waals surface area contributed by atoms with Crippen LogP contribution in [0.3, 0.4) is 0 Å². The zero-order valence-electron chi connectivity index (χ0n) is 11.1. The lowest BCUT2D eigenvalue weighted by Crippen LogP contribution is -2.36. The van der Waals surface area contributed by atoms with Crippen LogP contribution in [0.4, 0.5) is 14.5 Å². The third-order valence-corrected chi connectivity index (χ3v) is 4.40. The van der Waals surface area contributed by atoms with Gasteiger partial charge in [-0.1, -0.05) is 17.7 Å². The molecule has 2 N–H and O–H groups in total. The van der Waals surface area contributed by atoms with Crippen LogP contribution in [0.5, 0.6) is 0 Å². The minimum Gasteiger partial charge on any atom is -0.394 e. The van der Waals surface area contributed by atoms with Gasteiger partial charge in [-0.15, -0.1) is 0 Å². The summed E-state index contributed by atoms with van der Waals surface area (Å²) in [4.78, 5) is 0. The maximum absolute atomic E-state index is 14.0. The third kappa shape index (κ3) is 3.54. The Morgan fingerprint density at radius 3 is 2.52 bits per heavy atom. The van der Waals surface area contributed by atoms with E-state index in [0.717, 1.165) is 12.1 Å². The fourth-order valence-electron chi connectivity index (χ4n) is 2.02. The molecule has 0 amide bonds. The number of rotatable bonds is 4. The first-order valence-corrected chi connectivity index (χ1v) is 7.32. The highest BCUT2D eigenvalue weighted by molar-refractivity contribution is 9.10. The van der Waals surface area contributed by atoms with E-state index in [-0.39, 0.29) is 12.2 Å². The first-order chi connectivity index (χ1) is 9.85. The van der Waals surface area contributed by atoms with Gasteiger partial charge in [0.05, 0.1) is 17.2 Å². The monoisotopic (exact) mass is 375 g/mol. The van der Waals surface area contributed by atoms with Gasteiger partial charge in [-0.3, -0.25) is 0 Å². The highest BCUT2D eigenvalue weighted by atomic mass is 79.9. The van der Waals surface area contributed by atoms with Crippen molar-refractivity contribution in [3.63, 3.8) is 0 Å². The Morgan fingerprint density at radius 2 is 1.95 bits per heavy atom. The second-order valence-corrected chi connectivity index (χ2v) is 6.13. The molecule has 0 aliphatic carbocycles. The van der Waals surface area contributed by atoms with Gasteiger partial charge in [-0.05, 0) is 47.1 Å². The summed E-state index contributed by atoms with van der Waals surface area (Å²) < 4.78 is 27.7. The van der Waals surface area contributed by atoms with Crippen LogP contribution in [-0.4, -0.2) is 11.7 Å². The molecule has 21 heavy (non-hydrogen) atoms. The molecule has 0 spiro atoms. The summed E-state index contributed by atoms with van der Waals surface area (Å²) in [5.41, 5.74) is -0.269. The molecule has 0 heterocycles. The average molecular weight is 377 g/mol. The van der Waals surface area contributed by atoms with Gasteiger partial charge < -0.3 is 10.4 Å². The molecule has 2 rings (SSSR count). The molecule has 6 heteroatoms. The molecule has 0 aliphatic heterocycles. The molecule has 2 nitrogen and oxygen atoms in total. The molecule has 0 aromatic heterocycles. The van der Waals surface area contributed by atoms with Crippen molar-refractivity contribution < 1.29 is 13.9 Å². The predicted octanol–water partition coefficient (Wildman–Crippen LogP) is 4.70. The Morgan fingerprint density at radius 1 is 1.24 bits per heavy atom. The lowest BCUT2D eigenvalue weighted by Gasteiger charge is -2.31. The van der Waals surface area contributed by atoms with Crippen molar-refractivity contribution in [3.05, 3.63) is 63.1 Å². The van der Waals surface area contributed by atoms with E-state index in [9.17, 15) is 13.9 Å². The van der Waals surface area contributed by atoms with E-state index < -0.39 is 17.2 Å². The van der Waals surface area contributed by atoms with Crippen LogP contribution in [0, 0.1) is 11.6 Å². The van der Waals surface area contributed by atoms with Gasteiger partial charge >= 0.3 is 0 Å². The van der Waals surface area contributed by atoms with Crippen LogP contribution in [0.2, 0.25) is 5.02 Å². The van der Waals surface area contributed by atoms with Crippen LogP contribution >= 0.6 is 27.5 Å². The van der Waals surface area contributed by atoms with Crippen molar-refractivity contribution in [1.29, 1.82) is 0 Å². The molecule has 0 saturated carbocycles. The summed E-state index contributed by atoms with van der Waals surface area (Å²) >= 11 is 9.22. The first-order valence-electron chi connectivity index (χ1n) is 6.15. The van der Waals surface area contributed by atoms with Gasteiger partial charge in [0.2, 0.25) is 0 Å². The minimum atomic E-state index is -1.09. The third-order valence-electron chi connectivity index (χ3n) is 3.18. The first kappa shape index (κ1) is 16.2. The van der Waals surface area contributed by atoms with E-state index in [2.05, 4.69) is 21.2 Å². The molecule has 2 aromatic rings. The SMILES string of the molecule is CC(CO)(Nc1ccc(Cl)c(Br)c1)c1ccc(F)cc1F. The van der Waals surface area contributed by atoms with E-state index in [1.54, 1.807) is 25.1 Å². The standard InChI is InChI=1S/C15H13BrClF2NO/c1-15(8-21,11-4-2-9(18)6-14(11)19)20-10-3-5-13(17)12(16)7-10/h2-7,20-21H,8H2,1H3. The number of anilines is 1. The second kappa shape index (κ2) is 6.30. The largest absolute Gasteiger partial charge is 0.394 e. The van der Waals surface area contributed by atoms with E-state index in [0.29, 0.717) is 15.2 Å². The molecule has 2 aromatic carbocycles. The Kier molecular flexibility index (Phi) is 4.86. The van der Waals surface area contributed by atoms with E-state index in [1.165, 1.54) is 6.07 Å². The molecule has 0 saturated heterocycles. The molecule has 0 aliphatic rings. The molecule has 1 atom stereocenters. The molecule has 0 fully saturated rings. The van der Waals surface area contributed by atoms with Gasteiger partial charge in [-0.2, -0.15) is 0 Å². The lowest BCUT2D eigenvalue weighted by molar-refractivity contribution is 0.220. The van der Waals surface area contributed by atoms with Crippen molar-refractivity contribution in [2.24, 2.45) is 0 Å². The van der Waals surface area contributed by atoms with E-state index in [1.807, 2.05) is 0 Å². The summed E-state index contributed by atoms with van der Waals surface area (Å²) in [5.74, 6) is -1.38. The van der Waals surface area contributed by atoms with Gasteiger partial charge in [0.1, 0.15) is 11.6 Å². The summed E-state index contributed by atoms with van der Waals surface area (Å²) in [7, 11) is 0. The number of nitrogens with one attached hydrogen (secondary N) is 1. The van der Waals surface area contributed by atoms with Gasteiger partial charge in [0, 0.05) is 21.8 Å². The molecule has 0 bridgehead atoms. The van der Waals surface area contributed by atoms with E-state index in [4.69, 9.17) is 11.6 Å². The van der Waals surface area contributed by atoms with Crippen molar-refractivity contribution >= 4 is 33.2 Å². The molecular formula is C15H13BrClF2NO. The summed E-state index contributed by atoms with van der Waals surface area (Å²) in [6, 6.07) is 8.38. The fourth-order valence-corrected chi connectivity index (χ4v) is 2.52. The van der Waals surface area contributed by atoms with Crippen LogP contribution in [-0.2, 0) is 5.54 Å². The number of hydrogen-bond donors (Lipinski definition) is 2. The van der Waals surface area contributed by atoms with Gasteiger partial charge in [0.25, 0.3) is 0 Å². The van der Waals surface area contributed by atoms with Crippen LogP contribution in [0.1, 0.15) is 12.5 Å². The topological polar surface area (TPSA) is 32.3 Å². The normalized spacial score (nSPS) is 13.8. The van der Waals surface area contributed by atoms with Crippen molar-refractivity contribution in [2.75, 3.05) is 11.9 Å². The number of benzene rings is 2. The Labute approximate surface area is 134 Å². The second-order valence-electron chi connectivity index (χ2n) is 4.87. The number of aliphatic hydroxyl groups is 1. The highest BCUT2D eigenvalue weighted by Gasteiger charge is 2.29. The number of aliphatic hydroxyl groups excluding tert-OH is 1. The van der Waals surface area contributed by atoms with Crippen LogP contribution in [0.25, 0.3) is 0 Å². The van der Waals surface area contributed by atoms with E-state index >= 15 is 0 Å². The molecule has 0 radical (unpaired) electrons. The zero-order chi connectivity index (χ0) is 15.6. The minimum absolute atomic E-state index is 0.178. The summed E-state index contributed by atoms with van der Waals surface area (Å²) in [6.45, 7) is 1.27. The van der Waals surface area contributed by atoms with Gasteiger partial charge in [-0.25, -0.2) is 8.78 Å². The van der Waals surface area contributed by atoms with Gasteiger partial charge in [0.15, 0.2) is 0 Å². The average Bonchev–Trinajstić information content (AvgIpc) is 2.42. The van der Waals surface area contributed by atoms with Crippen molar-refractivity contribution in [1.82, 2.24) is 0 Å². The number of halogens is 4. The van der Waals surface area contributed by atoms with Crippen LogP contribution < -0.4 is 5.32 Å². The summed E-state index contributed by atoms with van der Waals surface area (Å²) in [6.07, 6.45) is 0. The van der Waals surface area contributed by atoms with Crippen LogP contribution in [0.15, 0.2) is 40.9 Å². The lowest BCUT2D eigenvalue weighted by atomic mass is 9.92. The summed E-state index contributed by atoms with van der Waals surface area (Å²) in [5, 5.41) is 13.2. The Hall–Kier alpha value is -1.17. The van der Waals surface area contributed by atoms with Crippen molar-refractivity contribution in [3.8, 4) is 0 Å². The molecular weight excluding hydrogens is 364 g/mol. The molecule has 112 valence electrons.